The van der Waals surface area contributed by atoms with Crippen LogP contribution in [0.2, 0.25) is 5.02 Å². The molecule has 4 heteroatoms. The second-order valence-electron chi connectivity index (χ2n) is 5.81. The third-order valence-electron chi connectivity index (χ3n) is 4.61. The fraction of sp³-hybridized carbons (Fsp3) is 0.211. The van der Waals surface area contributed by atoms with E-state index in [1.54, 1.807) is 24.3 Å². The molecule has 0 amide bonds. The fourth-order valence-corrected chi connectivity index (χ4v) is 3.61. The van der Waals surface area contributed by atoms with Crippen LogP contribution in [0, 0.1) is 46.3 Å². The van der Waals surface area contributed by atoms with Crippen LogP contribution in [-0.4, -0.2) is 0 Å². The second-order valence-corrected chi connectivity index (χ2v) is 6.24. The summed E-state index contributed by atoms with van der Waals surface area (Å²) in [5.74, 6) is -0.476. The van der Waals surface area contributed by atoms with Crippen LogP contribution >= 0.6 is 11.6 Å². The van der Waals surface area contributed by atoms with E-state index in [1.807, 2.05) is 31.2 Å². The zero-order chi connectivity index (χ0) is 16.7. The van der Waals surface area contributed by atoms with Crippen molar-refractivity contribution in [2.24, 2.45) is 5.41 Å². The van der Waals surface area contributed by atoms with Gasteiger partial charge in [0.1, 0.15) is 5.41 Å². The minimum Gasteiger partial charge on any atom is -0.197 e. The summed E-state index contributed by atoms with van der Waals surface area (Å²) in [6.07, 6.45) is 0. The van der Waals surface area contributed by atoms with Crippen molar-refractivity contribution in [3.8, 4) is 18.2 Å². The van der Waals surface area contributed by atoms with Gasteiger partial charge in [0.05, 0.1) is 18.2 Å². The van der Waals surface area contributed by atoms with Crippen LogP contribution in [0.1, 0.15) is 22.6 Å². The Bertz CT molecular complexity index is 882. The summed E-state index contributed by atoms with van der Waals surface area (Å²) in [5, 5.41) is 29.8. The molecule has 0 N–H and O–H groups in total. The summed E-state index contributed by atoms with van der Waals surface area (Å²) < 4.78 is 0. The van der Waals surface area contributed by atoms with Gasteiger partial charge >= 0.3 is 0 Å². The van der Waals surface area contributed by atoms with Crippen molar-refractivity contribution >= 4 is 11.6 Å². The number of nitriles is 3. The third kappa shape index (κ3) is 1.86. The molecule has 3 nitrogen and oxygen atoms in total. The smallest absolute Gasteiger partial charge is 0.175 e. The Balaban J connectivity index is 2.23. The number of rotatable bonds is 2. The quantitative estimate of drug-likeness (QED) is 0.831. The maximum absolute atomic E-state index is 9.89. The van der Waals surface area contributed by atoms with Crippen LogP contribution in [0.25, 0.3) is 0 Å². The van der Waals surface area contributed by atoms with Crippen molar-refractivity contribution in [3.05, 3.63) is 70.2 Å². The first-order valence-corrected chi connectivity index (χ1v) is 7.50. The van der Waals surface area contributed by atoms with E-state index >= 15 is 0 Å². The van der Waals surface area contributed by atoms with Gasteiger partial charge < -0.3 is 0 Å². The molecule has 0 aromatic heterocycles. The Kier molecular flexibility index (Phi) is 3.37. The van der Waals surface area contributed by atoms with E-state index in [2.05, 4.69) is 18.2 Å². The van der Waals surface area contributed by atoms with Crippen LogP contribution in [0.15, 0.2) is 48.5 Å². The summed E-state index contributed by atoms with van der Waals surface area (Å²) in [4.78, 5) is 0. The minimum absolute atomic E-state index is 0.476. The number of benzene rings is 2. The van der Waals surface area contributed by atoms with E-state index in [-0.39, 0.29) is 0 Å². The highest BCUT2D eigenvalue weighted by molar-refractivity contribution is 6.30. The lowest BCUT2D eigenvalue weighted by molar-refractivity contribution is 0.742. The van der Waals surface area contributed by atoms with Gasteiger partial charge in [-0.1, -0.05) is 53.6 Å². The lowest BCUT2D eigenvalue weighted by Crippen LogP contribution is -2.14. The first kappa shape index (κ1) is 15.1. The number of hydrogen-bond donors (Lipinski definition) is 0. The molecule has 0 aliphatic heterocycles. The van der Waals surface area contributed by atoms with Crippen LogP contribution in [-0.2, 0) is 5.41 Å². The average molecular weight is 318 g/mol. The standard InChI is InChI=1S/C19H12ClN3/c1-13-3-2-4-14(9-13)17-18(10-21,11-22)19(17,12-23)15-5-7-16(20)8-6-15/h2-9,17H,1H3/t17-,19+/m0/s1. The Morgan fingerprint density at radius 1 is 0.957 bits per heavy atom. The Hall–Kier alpha value is -2.80. The monoisotopic (exact) mass is 317 g/mol. The molecule has 0 unspecified atom stereocenters. The molecule has 0 spiro atoms. The molecule has 3 rings (SSSR count). The predicted molar refractivity (Wildman–Crippen MR) is 86.3 cm³/mol. The van der Waals surface area contributed by atoms with E-state index in [0.29, 0.717) is 10.6 Å². The third-order valence-corrected chi connectivity index (χ3v) is 4.86. The fourth-order valence-electron chi connectivity index (χ4n) is 3.48. The molecule has 1 saturated carbocycles. The molecule has 2 aromatic rings. The highest BCUT2D eigenvalue weighted by Crippen LogP contribution is 2.74. The van der Waals surface area contributed by atoms with E-state index in [1.165, 1.54) is 0 Å². The lowest BCUT2D eigenvalue weighted by atomic mass is 9.88. The first-order valence-electron chi connectivity index (χ1n) is 7.12. The largest absolute Gasteiger partial charge is 0.197 e. The molecule has 0 radical (unpaired) electrons. The van der Waals surface area contributed by atoms with Gasteiger partial charge in [-0.15, -0.1) is 0 Å². The van der Waals surface area contributed by atoms with Crippen molar-refractivity contribution in [1.29, 1.82) is 15.8 Å². The summed E-state index contributed by atoms with van der Waals surface area (Å²) in [6.45, 7) is 1.95. The average Bonchev–Trinajstić information content (AvgIpc) is 3.19. The SMILES string of the molecule is Cc1cccc([C@H]2C(C#N)(C#N)[C@]2(C#N)c2ccc(Cl)cc2)c1. The molecule has 2 aromatic carbocycles. The lowest BCUT2D eigenvalue weighted by Gasteiger charge is -2.10. The van der Waals surface area contributed by atoms with Crippen molar-refractivity contribution in [2.75, 3.05) is 0 Å². The van der Waals surface area contributed by atoms with Gasteiger partial charge in [-0.3, -0.25) is 0 Å². The second kappa shape index (κ2) is 5.13. The van der Waals surface area contributed by atoms with Gasteiger partial charge in [0.15, 0.2) is 5.41 Å². The van der Waals surface area contributed by atoms with Gasteiger partial charge in [0.25, 0.3) is 0 Å². The molecule has 1 fully saturated rings. The van der Waals surface area contributed by atoms with Crippen LogP contribution in [0.3, 0.4) is 0 Å². The molecule has 0 saturated heterocycles. The highest BCUT2D eigenvalue weighted by Gasteiger charge is 2.81. The molecule has 1 aliphatic rings. The normalized spacial score (nSPS) is 24.0. The Morgan fingerprint density at radius 3 is 2.13 bits per heavy atom. The van der Waals surface area contributed by atoms with Gasteiger partial charge in [0, 0.05) is 10.9 Å². The van der Waals surface area contributed by atoms with E-state index in [4.69, 9.17) is 11.6 Å². The topological polar surface area (TPSA) is 71.4 Å². The van der Waals surface area contributed by atoms with Gasteiger partial charge in [0.2, 0.25) is 0 Å². The van der Waals surface area contributed by atoms with Crippen molar-refractivity contribution in [3.63, 3.8) is 0 Å². The molecule has 1 aliphatic carbocycles. The summed E-state index contributed by atoms with van der Waals surface area (Å²) in [7, 11) is 0. The number of aryl methyl sites for hydroxylation is 1. The van der Waals surface area contributed by atoms with Gasteiger partial charge in [-0.2, -0.15) is 15.8 Å². The Morgan fingerprint density at radius 2 is 1.61 bits per heavy atom. The number of halogens is 1. The number of nitrogens with zero attached hydrogens (tertiary/aromatic N) is 3. The van der Waals surface area contributed by atoms with Gasteiger partial charge in [-0.25, -0.2) is 0 Å². The summed E-state index contributed by atoms with van der Waals surface area (Å²) >= 11 is 5.93. The van der Waals surface area contributed by atoms with E-state index in [0.717, 1.165) is 11.1 Å². The predicted octanol–water partition coefficient (Wildman–Crippen LogP) is 4.24. The van der Waals surface area contributed by atoms with Crippen LogP contribution in [0.5, 0.6) is 0 Å². The number of hydrogen-bond acceptors (Lipinski definition) is 3. The zero-order valence-corrected chi connectivity index (χ0v) is 13.2. The van der Waals surface area contributed by atoms with Crippen LogP contribution in [0.4, 0.5) is 0 Å². The first-order chi connectivity index (χ1) is 11.1. The Labute approximate surface area is 140 Å². The van der Waals surface area contributed by atoms with Crippen molar-refractivity contribution in [2.45, 2.75) is 18.3 Å². The molecular formula is C19H12ClN3. The highest BCUT2D eigenvalue weighted by atomic mass is 35.5. The zero-order valence-electron chi connectivity index (χ0n) is 12.4. The maximum atomic E-state index is 9.89. The minimum atomic E-state index is -1.39. The molecular weight excluding hydrogens is 306 g/mol. The van der Waals surface area contributed by atoms with E-state index < -0.39 is 16.7 Å². The summed E-state index contributed by atoms with van der Waals surface area (Å²) in [5.41, 5.74) is -0.0381. The van der Waals surface area contributed by atoms with Crippen molar-refractivity contribution < 1.29 is 0 Å². The van der Waals surface area contributed by atoms with Crippen LogP contribution < -0.4 is 0 Å². The van der Waals surface area contributed by atoms with Crippen molar-refractivity contribution in [1.82, 2.24) is 0 Å². The van der Waals surface area contributed by atoms with Gasteiger partial charge in [-0.05, 0) is 30.2 Å². The molecule has 0 heterocycles. The maximum Gasteiger partial charge on any atom is 0.175 e. The molecule has 23 heavy (non-hydrogen) atoms. The molecule has 110 valence electrons. The van der Waals surface area contributed by atoms with E-state index in [9.17, 15) is 15.8 Å². The molecule has 0 bridgehead atoms. The molecule has 2 atom stereocenters. The summed E-state index contributed by atoms with van der Waals surface area (Å²) in [6, 6.07) is 20.9.